The highest BCUT2D eigenvalue weighted by molar-refractivity contribution is 6.17. The van der Waals surface area contributed by atoms with Gasteiger partial charge in [-0.3, -0.25) is 14.9 Å². The number of nitro benzene ring substituents is 1. The van der Waals surface area contributed by atoms with Gasteiger partial charge >= 0.3 is 6.03 Å². The lowest BCUT2D eigenvalue weighted by Crippen LogP contribution is -2.19. The first kappa shape index (κ1) is 16.0. The quantitative estimate of drug-likeness (QED) is 0.496. The molecule has 0 atom stereocenters. The molecule has 9 heteroatoms. The first-order valence-corrected chi connectivity index (χ1v) is 7.08. The number of benzene rings is 2. The van der Waals surface area contributed by atoms with E-state index < -0.39 is 22.7 Å². The lowest BCUT2D eigenvalue weighted by atomic mass is 10.1. The molecule has 4 N–H and O–H groups in total. The molecule has 0 fully saturated rings. The van der Waals surface area contributed by atoms with E-state index in [1.165, 1.54) is 6.07 Å². The second-order valence-corrected chi connectivity index (χ2v) is 5.15. The van der Waals surface area contributed by atoms with Crippen LogP contribution < -0.4 is 11.1 Å². The minimum Gasteiger partial charge on any atom is -0.494 e. The van der Waals surface area contributed by atoms with Crippen molar-refractivity contribution in [1.82, 2.24) is 4.57 Å². The summed E-state index contributed by atoms with van der Waals surface area (Å²) in [5, 5.41) is 23.9. The van der Waals surface area contributed by atoms with Gasteiger partial charge in [0.05, 0.1) is 10.4 Å². The number of aromatic nitrogens is 1. The Balaban J connectivity index is 2.20. The van der Waals surface area contributed by atoms with Gasteiger partial charge in [0.25, 0.3) is 11.6 Å². The maximum absolute atomic E-state index is 12.6. The average Bonchev–Trinajstić information content (AvgIpc) is 2.86. The molecule has 0 bridgehead atoms. The van der Waals surface area contributed by atoms with Crippen LogP contribution in [0, 0.1) is 10.1 Å². The minimum atomic E-state index is -1.02. The van der Waals surface area contributed by atoms with E-state index >= 15 is 0 Å². The lowest BCUT2D eigenvalue weighted by Gasteiger charge is -2.05. The Morgan fingerprint density at radius 1 is 1.16 bits per heavy atom. The van der Waals surface area contributed by atoms with Crippen LogP contribution in [0.3, 0.4) is 0 Å². The van der Waals surface area contributed by atoms with E-state index in [-0.39, 0.29) is 22.2 Å². The fourth-order valence-corrected chi connectivity index (χ4v) is 2.54. The third kappa shape index (κ3) is 2.74. The van der Waals surface area contributed by atoms with Gasteiger partial charge in [-0.25, -0.2) is 9.36 Å². The summed E-state index contributed by atoms with van der Waals surface area (Å²) in [6.45, 7) is 0. The van der Waals surface area contributed by atoms with Crippen molar-refractivity contribution in [3.8, 4) is 5.88 Å². The maximum Gasteiger partial charge on any atom is 0.326 e. The number of carbonyl (C=O) groups is 2. The molecule has 0 radical (unpaired) electrons. The molecular formula is C16H12N4O5. The highest BCUT2D eigenvalue weighted by Crippen LogP contribution is 2.34. The average molecular weight is 340 g/mol. The number of carbonyl (C=O) groups excluding carboxylic acids is 2. The zero-order chi connectivity index (χ0) is 18.1. The predicted octanol–water partition coefficient (Wildman–Crippen LogP) is 2.43. The number of anilines is 1. The third-order valence-electron chi connectivity index (χ3n) is 3.62. The monoisotopic (exact) mass is 340 g/mol. The van der Waals surface area contributed by atoms with Crippen LogP contribution in [0.2, 0.25) is 0 Å². The molecule has 2 amide bonds. The number of aromatic hydroxyl groups is 1. The molecule has 0 aliphatic heterocycles. The second kappa shape index (κ2) is 5.96. The topological polar surface area (TPSA) is 140 Å². The van der Waals surface area contributed by atoms with Crippen LogP contribution in [0.5, 0.6) is 5.88 Å². The van der Waals surface area contributed by atoms with Crippen molar-refractivity contribution in [2.24, 2.45) is 5.73 Å². The Bertz CT molecular complexity index is 1010. The fraction of sp³-hybridized carbons (Fsp3) is 0. The number of amides is 2. The molecule has 1 heterocycles. The molecule has 126 valence electrons. The molecule has 0 saturated carbocycles. The van der Waals surface area contributed by atoms with Crippen LogP contribution in [0.25, 0.3) is 10.9 Å². The van der Waals surface area contributed by atoms with Gasteiger partial charge in [0, 0.05) is 23.2 Å². The van der Waals surface area contributed by atoms with Crippen LogP contribution in [0.4, 0.5) is 16.2 Å². The van der Waals surface area contributed by atoms with Gasteiger partial charge in [-0.2, -0.15) is 0 Å². The smallest absolute Gasteiger partial charge is 0.326 e. The van der Waals surface area contributed by atoms with Crippen LogP contribution in [-0.2, 0) is 0 Å². The highest BCUT2D eigenvalue weighted by atomic mass is 16.6. The summed E-state index contributed by atoms with van der Waals surface area (Å²) in [4.78, 5) is 34.5. The molecule has 3 rings (SSSR count). The van der Waals surface area contributed by atoms with Gasteiger partial charge in [0.2, 0.25) is 5.88 Å². The number of non-ortho nitro benzene ring substituents is 1. The number of nitrogens with one attached hydrogen (secondary N) is 1. The number of primary amides is 1. The van der Waals surface area contributed by atoms with Crippen LogP contribution >= 0.6 is 0 Å². The molecule has 1 aromatic heterocycles. The number of nitrogens with zero attached hydrogens (tertiary/aromatic N) is 2. The summed E-state index contributed by atoms with van der Waals surface area (Å²) in [5.74, 6) is -1.41. The molecule has 0 aliphatic carbocycles. The van der Waals surface area contributed by atoms with Crippen LogP contribution in [0.15, 0.2) is 48.5 Å². The Hall–Kier alpha value is -3.88. The molecule has 9 nitrogen and oxygen atoms in total. The number of fused-ring (bicyclic) bond motifs is 1. The molecule has 3 aromatic rings. The van der Waals surface area contributed by atoms with Crippen molar-refractivity contribution in [3.63, 3.8) is 0 Å². The summed E-state index contributed by atoms with van der Waals surface area (Å²) in [7, 11) is 0. The van der Waals surface area contributed by atoms with Gasteiger partial charge in [0.15, 0.2) is 0 Å². The van der Waals surface area contributed by atoms with Gasteiger partial charge in [0.1, 0.15) is 5.56 Å². The first-order valence-electron chi connectivity index (χ1n) is 7.08. The van der Waals surface area contributed by atoms with Gasteiger partial charge in [-0.15, -0.1) is 0 Å². The summed E-state index contributed by atoms with van der Waals surface area (Å²) < 4.78 is 0.721. The van der Waals surface area contributed by atoms with Crippen LogP contribution in [-0.4, -0.2) is 26.5 Å². The number of nitro groups is 1. The predicted molar refractivity (Wildman–Crippen MR) is 89.6 cm³/mol. The zero-order valence-electron chi connectivity index (χ0n) is 12.7. The van der Waals surface area contributed by atoms with Crippen LogP contribution in [0.1, 0.15) is 10.4 Å². The Labute approximate surface area is 140 Å². The van der Waals surface area contributed by atoms with Crippen molar-refractivity contribution < 1.29 is 19.6 Å². The largest absolute Gasteiger partial charge is 0.494 e. The van der Waals surface area contributed by atoms with E-state index in [1.807, 2.05) is 0 Å². The molecule has 0 aliphatic rings. The van der Waals surface area contributed by atoms with Crippen molar-refractivity contribution in [1.29, 1.82) is 0 Å². The molecule has 0 spiro atoms. The summed E-state index contributed by atoms with van der Waals surface area (Å²) >= 11 is 0. The Kier molecular flexibility index (Phi) is 3.82. The van der Waals surface area contributed by atoms with E-state index in [2.05, 4.69) is 5.32 Å². The maximum atomic E-state index is 12.6. The number of rotatable bonds is 3. The molecule has 0 saturated heterocycles. The van der Waals surface area contributed by atoms with Crippen molar-refractivity contribution in [2.75, 3.05) is 5.32 Å². The van der Waals surface area contributed by atoms with Gasteiger partial charge in [-0.05, 0) is 18.2 Å². The standard InChI is InChI=1S/C16H12N4O5/c17-16(23)19-12-7-6-10(20(24)25)8-11(12)13(15(19)22)14(21)18-9-4-2-1-3-5-9/h1-8,22H,(H2,17,23)(H,18,21). The Morgan fingerprint density at radius 2 is 1.84 bits per heavy atom. The van der Waals surface area contributed by atoms with E-state index in [1.54, 1.807) is 30.3 Å². The van der Waals surface area contributed by atoms with Crippen molar-refractivity contribution in [2.45, 2.75) is 0 Å². The number of para-hydroxylation sites is 1. The van der Waals surface area contributed by atoms with E-state index in [9.17, 15) is 24.8 Å². The number of hydrogen-bond acceptors (Lipinski definition) is 5. The van der Waals surface area contributed by atoms with E-state index in [0.717, 1.165) is 16.7 Å². The third-order valence-corrected chi connectivity index (χ3v) is 3.62. The highest BCUT2D eigenvalue weighted by Gasteiger charge is 2.26. The van der Waals surface area contributed by atoms with E-state index in [0.29, 0.717) is 5.69 Å². The van der Waals surface area contributed by atoms with E-state index in [4.69, 9.17) is 5.73 Å². The molecule has 2 aromatic carbocycles. The van der Waals surface area contributed by atoms with Crippen molar-refractivity contribution >= 4 is 34.2 Å². The molecule has 25 heavy (non-hydrogen) atoms. The number of nitrogens with two attached hydrogens (primary N) is 1. The fourth-order valence-electron chi connectivity index (χ4n) is 2.54. The number of hydrogen-bond donors (Lipinski definition) is 3. The first-order chi connectivity index (χ1) is 11.9. The lowest BCUT2D eigenvalue weighted by molar-refractivity contribution is -0.384. The zero-order valence-corrected chi connectivity index (χ0v) is 12.7. The van der Waals surface area contributed by atoms with Gasteiger partial charge in [-0.1, -0.05) is 18.2 Å². The van der Waals surface area contributed by atoms with Gasteiger partial charge < -0.3 is 16.2 Å². The van der Waals surface area contributed by atoms with Crippen molar-refractivity contribution in [3.05, 3.63) is 64.2 Å². The molecular weight excluding hydrogens is 328 g/mol. The summed E-state index contributed by atoms with van der Waals surface area (Å²) in [6.07, 6.45) is 0. The normalized spacial score (nSPS) is 10.6. The molecule has 0 unspecified atom stereocenters. The summed E-state index contributed by atoms with van der Waals surface area (Å²) in [5.41, 5.74) is 5.22. The Morgan fingerprint density at radius 3 is 2.44 bits per heavy atom. The SMILES string of the molecule is NC(=O)n1c(O)c(C(=O)Nc2ccccc2)c2cc([N+](=O)[O-])ccc21. The summed E-state index contributed by atoms with van der Waals surface area (Å²) in [6, 6.07) is 10.9. The second-order valence-electron chi connectivity index (χ2n) is 5.15. The minimum absolute atomic E-state index is 0.0407.